The summed E-state index contributed by atoms with van der Waals surface area (Å²) in [6, 6.07) is 1.46. The molecule has 0 aliphatic heterocycles. The molecule has 3 unspecified atom stereocenters. The van der Waals surface area contributed by atoms with E-state index < -0.39 is 0 Å². The van der Waals surface area contributed by atoms with Crippen molar-refractivity contribution >= 4 is 0 Å². The van der Waals surface area contributed by atoms with Crippen LogP contribution < -0.4 is 5.73 Å². The maximum absolute atomic E-state index is 13.2. The maximum atomic E-state index is 13.2. The zero-order chi connectivity index (χ0) is 12.3. The first kappa shape index (κ1) is 12.5. The van der Waals surface area contributed by atoms with Gasteiger partial charge in [-0.15, -0.1) is 0 Å². The van der Waals surface area contributed by atoms with Gasteiger partial charge in [-0.3, -0.25) is 4.98 Å². The van der Waals surface area contributed by atoms with Crippen LogP contribution in [0.5, 0.6) is 0 Å². The molecule has 1 saturated carbocycles. The molecule has 1 aliphatic rings. The van der Waals surface area contributed by atoms with Crippen molar-refractivity contribution in [1.82, 2.24) is 4.98 Å². The van der Waals surface area contributed by atoms with Crippen molar-refractivity contribution in [3.05, 3.63) is 29.8 Å². The van der Waals surface area contributed by atoms with Crippen LogP contribution in [0.2, 0.25) is 0 Å². The van der Waals surface area contributed by atoms with Crippen molar-refractivity contribution < 1.29 is 4.39 Å². The van der Waals surface area contributed by atoms with Crippen LogP contribution in [0.3, 0.4) is 0 Å². The number of pyridine rings is 1. The maximum Gasteiger partial charge on any atom is 0.141 e. The molecule has 3 atom stereocenters. The SMILES string of the molecule is CCC1CCCCC1C(N)c1cncc(F)c1. The van der Waals surface area contributed by atoms with E-state index >= 15 is 0 Å². The van der Waals surface area contributed by atoms with Crippen molar-refractivity contribution in [2.75, 3.05) is 0 Å². The number of aromatic nitrogens is 1. The molecule has 2 rings (SSSR count). The molecule has 1 aromatic heterocycles. The van der Waals surface area contributed by atoms with Crippen molar-refractivity contribution in [1.29, 1.82) is 0 Å². The summed E-state index contributed by atoms with van der Waals surface area (Å²) in [6.45, 7) is 2.22. The summed E-state index contributed by atoms with van der Waals surface area (Å²) >= 11 is 0. The van der Waals surface area contributed by atoms with Gasteiger partial charge in [0.05, 0.1) is 6.20 Å². The normalized spacial score (nSPS) is 26.8. The third kappa shape index (κ3) is 2.83. The van der Waals surface area contributed by atoms with Crippen LogP contribution in [0.25, 0.3) is 0 Å². The molecule has 1 aromatic rings. The van der Waals surface area contributed by atoms with Gasteiger partial charge in [0.15, 0.2) is 0 Å². The van der Waals surface area contributed by atoms with Crippen LogP contribution in [0.4, 0.5) is 4.39 Å². The van der Waals surface area contributed by atoms with Gasteiger partial charge in [-0.05, 0) is 29.9 Å². The van der Waals surface area contributed by atoms with Crippen LogP contribution in [0.15, 0.2) is 18.5 Å². The van der Waals surface area contributed by atoms with Crippen LogP contribution >= 0.6 is 0 Å². The molecule has 1 heterocycles. The molecule has 0 radical (unpaired) electrons. The minimum Gasteiger partial charge on any atom is -0.324 e. The highest BCUT2D eigenvalue weighted by Crippen LogP contribution is 2.38. The van der Waals surface area contributed by atoms with E-state index in [2.05, 4.69) is 11.9 Å². The monoisotopic (exact) mass is 236 g/mol. The zero-order valence-corrected chi connectivity index (χ0v) is 10.4. The second-order valence-corrected chi connectivity index (χ2v) is 5.08. The van der Waals surface area contributed by atoms with Gasteiger partial charge in [0, 0.05) is 12.2 Å². The summed E-state index contributed by atoms with van der Waals surface area (Å²) in [5.74, 6) is 0.876. The second kappa shape index (κ2) is 5.58. The lowest BCUT2D eigenvalue weighted by atomic mass is 9.73. The summed E-state index contributed by atoms with van der Waals surface area (Å²) in [4.78, 5) is 3.90. The van der Waals surface area contributed by atoms with Gasteiger partial charge in [0.25, 0.3) is 0 Å². The smallest absolute Gasteiger partial charge is 0.141 e. The lowest BCUT2D eigenvalue weighted by molar-refractivity contribution is 0.196. The Kier molecular flexibility index (Phi) is 4.11. The van der Waals surface area contributed by atoms with Crippen molar-refractivity contribution in [2.24, 2.45) is 17.6 Å². The molecule has 3 heteroatoms. The van der Waals surface area contributed by atoms with E-state index in [-0.39, 0.29) is 11.9 Å². The van der Waals surface area contributed by atoms with Gasteiger partial charge < -0.3 is 5.73 Å². The lowest BCUT2D eigenvalue weighted by Gasteiger charge is -2.35. The number of halogens is 1. The molecule has 0 bridgehead atoms. The van der Waals surface area contributed by atoms with E-state index in [1.54, 1.807) is 6.20 Å². The van der Waals surface area contributed by atoms with Gasteiger partial charge in [0.1, 0.15) is 5.82 Å². The fraction of sp³-hybridized carbons (Fsp3) is 0.643. The number of rotatable bonds is 3. The standard InChI is InChI=1S/C14H21FN2/c1-2-10-5-3-4-6-13(10)14(16)11-7-12(15)9-17-8-11/h7-10,13-14H,2-6,16H2,1H3. The molecular formula is C14H21FN2. The number of hydrogen-bond donors (Lipinski definition) is 1. The third-order valence-corrected chi connectivity index (χ3v) is 4.06. The second-order valence-electron chi connectivity index (χ2n) is 5.08. The molecule has 0 amide bonds. The third-order valence-electron chi connectivity index (χ3n) is 4.06. The largest absolute Gasteiger partial charge is 0.324 e. The average Bonchev–Trinajstić information content (AvgIpc) is 2.38. The van der Waals surface area contributed by atoms with Crippen molar-refractivity contribution in [3.63, 3.8) is 0 Å². The van der Waals surface area contributed by atoms with E-state index in [0.29, 0.717) is 11.8 Å². The predicted octanol–water partition coefficient (Wildman–Crippen LogP) is 3.44. The van der Waals surface area contributed by atoms with Crippen LogP contribution in [0.1, 0.15) is 50.6 Å². The highest BCUT2D eigenvalue weighted by molar-refractivity contribution is 5.16. The summed E-state index contributed by atoms with van der Waals surface area (Å²) in [5.41, 5.74) is 7.14. The highest BCUT2D eigenvalue weighted by Gasteiger charge is 2.29. The predicted molar refractivity (Wildman–Crippen MR) is 66.9 cm³/mol. The molecule has 94 valence electrons. The van der Waals surface area contributed by atoms with Gasteiger partial charge in [0.2, 0.25) is 0 Å². The highest BCUT2D eigenvalue weighted by atomic mass is 19.1. The topological polar surface area (TPSA) is 38.9 Å². The summed E-state index contributed by atoms with van der Waals surface area (Å²) < 4.78 is 13.2. The quantitative estimate of drug-likeness (QED) is 0.873. The molecule has 0 aromatic carbocycles. The van der Waals surface area contributed by atoms with E-state index in [1.165, 1.54) is 37.9 Å². The first-order chi connectivity index (χ1) is 8.22. The van der Waals surface area contributed by atoms with Crippen LogP contribution in [0, 0.1) is 17.7 Å². The first-order valence-corrected chi connectivity index (χ1v) is 6.58. The molecule has 2 N–H and O–H groups in total. The van der Waals surface area contributed by atoms with E-state index in [9.17, 15) is 4.39 Å². The summed E-state index contributed by atoms with van der Waals surface area (Å²) in [6.07, 6.45) is 9.08. The van der Waals surface area contributed by atoms with E-state index in [0.717, 1.165) is 12.0 Å². The Morgan fingerprint density at radius 1 is 1.41 bits per heavy atom. The van der Waals surface area contributed by atoms with E-state index in [1.807, 2.05) is 0 Å². The summed E-state index contributed by atoms with van der Waals surface area (Å²) in [5, 5.41) is 0. The Hall–Kier alpha value is -0.960. The molecule has 17 heavy (non-hydrogen) atoms. The summed E-state index contributed by atoms with van der Waals surface area (Å²) in [7, 11) is 0. The number of hydrogen-bond acceptors (Lipinski definition) is 2. The van der Waals surface area contributed by atoms with Gasteiger partial charge in [-0.1, -0.05) is 32.6 Å². The van der Waals surface area contributed by atoms with E-state index in [4.69, 9.17) is 5.73 Å². The van der Waals surface area contributed by atoms with Crippen molar-refractivity contribution in [2.45, 2.75) is 45.1 Å². The minimum atomic E-state index is -0.290. The Morgan fingerprint density at radius 3 is 2.88 bits per heavy atom. The fourth-order valence-electron chi connectivity index (χ4n) is 3.07. The average molecular weight is 236 g/mol. The number of nitrogens with two attached hydrogens (primary N) is 1. The van der Waals surface area contributed by atoms with Gasteiger partial charge in [-0.2, -0.15) is 0 Å². The lowest BCUT2D eigenvalue weighted by Crippen LogP contribution is -2.30. The minimum absolute atomic E-state index is 0.0663. The number of nitrogens with zero attached hydrogens (tertiary/aromatic N) is 1. The molecule has 1 fully saturated rings. The Morgan fingerprint density at radius 2 is 2.18 bits per heavy atom. The molecule has 0 spiro atoms. The zero-order valence-electron chi connectivity index (χ0n) is 10.4. The van der Waals surface area contributed by atoms with Crippen LogP contribution in [-0.4, -0.2) is 4.98 Å². The Balaban J connectivity index is 2.15. The molecule has 2 nitrogen and oxygen atoms in total. The Labute approximate surface area is 102 Å². The fourth-order valence-corrected chi connectivity index (χ4v) is 3.07. The first-order valence-electron chi connectivity index (χ1n) is 6.58. The molecular weight excluding hydrogens is 215 g/mol. The van der Waals surface area contributed by atoms with Gasteiger partial charge >= 0.3 is 0 Å². The molecule has 0 saturated heterocycles. The van der Waals surface area contributed by atoms with Gasteiger partial charge in [-0.25, -0.2) is 4.39 Å². The van der Waals surface area contributed by atoms with Crippen molar-refractivity contribution in [3.8, 4) is 0 Å². The Bertz CT molecular complexity index is 367. The van der Waals surface area contributed by atoms with Crippen LogP contribution in [-0.2, 0) is 0 Å². The molecule has 1 aliphatic carbocycles.